The highest BCUT2D eigenvalue weighted by atomic mass is 35.5. The lowest BCUT2D eigenvalue weighted by atomic mass is 10.2. The molecule has 0 N–H and O–H groups in total. The van der Waals surface area contributed by atoms with E-state index in [4.69, 9.17) is 16.3 Å². The Morgan fingerprint density at radius 2 is 1.74 bits per heavy atom. The molecule has 3 rings (SSSR count). The number of sulfonamides is 1. The molecule has 0 atom stereocenters. The third-order valence-corrected chi connectivity index (χ3v) is 6.95. The van der Waals surface area contributed by atoms with E-state index < -0.39 is 16.0 Å². The zero-order chi connectivity index (χ0) is 19.3. The average molecular weight is 408 g/mol. The van der Waals surface area contributed by atoms with E-state index in [1.807, 2.05) is 30.3 Å². The van der Waals surface area contributed by atoms with Gasteiger partial charge in [-0.25, -0.2) is 13.2 Å². The van der Waals surface area contributed by atoms with Gasteiger partial charge in [0.05, 0.1) is 17.2 Å². The Kier molecular flexibility index (Phi) is 6.52. The van der Waals surface area contributed by atoms with Crippen molar-refractivity contribution in [2.45, 2.75) is 30.6 Å². The lowest BCUT2D eigenvalue weighted by Gasteiger charge is -2.26. The summed E-state index contributed by atoms with van der Waals surface area (Å²) in [6.45, 7) is 1.18. The van der Waals surface area contributed by atoms with Gasteiger partial charge >= 0.3 is 5.97 Å². The van der Waals surface area contributed by atoms with Gasteiger partial charge in [0.2, 0.25) is 10.0 Å². The van der Waals surface area contributed by atoms with Crippen molar-refractivity contribution in [2.75, 3.05) is 19.7 Å². The Bertz CT molecular complexity index is 893. The lowest BCUT2D eigenvalue weighted by Crippen LogP contribution is -2.35. The first kappa shape index (κ1) is 19.9. The second kappa shape index (κ2) is 8.87. The molecule has 27 heavy (non-hydrogen) atoms. The molecule has 2 aromatic carbocycles. The van der Waals surface area contributed by atoms with Crippen molar-refractivity contribution in [2.24, 2.45) is 0 Å². The van der Waals surface area contributed by atoms with Gasteiger partial charge in [0.25, 0.3) is 0 Å². The fraction of sp³-hybridized carbons (Fsp3) is 0.350. The molecular weight excluding hydrogens is 386 g/mol. The van der Waals surface area contributed by atoms with Crippen LogP contribution in [0.15, 0.2) is 53.4 Å². The second-order valence-corrected chi connectivity index (χ2v) is 8.80. The van der Waals surface area contributed by atoms with Crippen LogP contribution in [-0.4, -0.2) is 38.4 Å². The summed E-state index contributed by atoms with van der Waals surface area (Å²) >= 11 is 6.13. The predicted octanol–water partition coefficient (Wildman–Crippen LogP) is 3.91. The number of hydrogen-bond acceptors (Lipinski definition) is 4. The number of carbonyl (C=O) groups is 1. The van der Waals surface area contributed by atoms with Crippen molar-refractivity contribution in [3.63, 3.8) is 0 Å². The molecule has 0 amide bonds. The first-order chi connectivity index (χ1) is 13.0. The summed E-state index contributed by atoms with van der Waals surface area (Å²) in [5, 5.41) is 0.112. The van der Waals surface area contributed by atoms with E-state index in [-0.39, 0.29) is 22.1 Å². The van der Waals surface area contributed by atoms with Crippen molar-refractivity contribution < 1.29 is 17.9 Å². The third-order valence-electron chi connectivity index (χ3n) is 4.57. The standard InChI is InChI=1S/C20H22ClNO4S/c21-18-10-9-17(20(23)26-14-11-16-7-3-1-4-8-16)15-19(18)27(24,25)22-12-5-2-6-13-22/h1,3-4,7-10,15H,2,5-6,11-14H2. The Hall–Kier alpha value is -1.89. The van der Waals surface area contributed by atoms with Gasteiger partial charge < -0.3 is 4.74 Å². The fourth-order valence-corrected chi connectivity index (χ4v) is 5.08. The summed E-state index contributed by atoms with van der Waals surface area (Å²) in [6, 6.07) is 13.9. The van der Waals surface area contributed by atoms with Crippen LogP contribution in [0.25, 0.3) is 0 Å². The predicted molar refractivity (Wildman–Crippen MR) is 104 cm³/mol. The number of carbonyl (C=O) groups excluding carboxylic acids is 1. The van der Waals surface area contributed by atoms with Crippen molar-refractivity contribution in [1.82, 2.24) is 4.31 Å². The monoisotopic (exact) mass is 407 g/mol. The average Bonchev–Trinajstić information content (AvgIpc) is 2.69. The minimum atomic E-state index is -3.72. The summed E-state index contributed by atoms with van der Waals surface area (Å²) in [7, 11) is -3.72. The molecule has 0 saturated carbocycles. The topological polar surface area (TPSA) is 63.7 Å². The quantitative estimate of drug-likeness (QED) is 0.681. The zero-order valence-electron chi connectivity index (χ0n) is 14.9. The lowest BCUT2D eigenvalue weighted by molar-refractivity contribution is 0.0509. The highest BCUT2D eigenvalue weighted by Gasteiger charge is 2.28. The Morgan fingerprint density at radius 3 is 2.44 bits per heavy atom. The summed E-state index contributed by atoms with van der Waals surface area (Å²) in [6.07, 6.45) is 3.28. The first-order valence-corrected chi connectivity index (χ1v) is 10.8. The first-order valence-electron chi connectivity index (χ1n) is 8.99. The van der Waals surface area contributed by atoms with Crippen LogP contribution in [0.3, 0.4) is 0 Å². The van der Waals surface area contributed by atoms with Crippen LogP contribution in [0.2, 0.25) is 5.02 Å². The van der Waals surface area contributed by atoms with Crippen LogP contribution >= 0.6 is 11.6 Å². The molecular formula is C20H22ClNO4S. The number of piperidine rings is 1. The van der Waals surface area contributed by atoms with Crippen LogP contribution < -0.4 is 0 Å². The van der Waals surface area contributed by atoms with E-state index in [9.17, 15) is 13.2 Å². The highest BCUT2D eigenvalue weighted by Crippen LogP contribution is 2.28. The van der Waals surface area contributed by atoms with Gasteiger partial charge in [-0.15, -0.1) is 0 Å². The molecule has 0 spiro atoms. The van der Waals surface area contributed by atoms with Gasteiger partial charge in [-0.05, 0) is 36.6 Å². The third kappa shape index (κ3) is 4.89. The molecule has 7 heteroatoms. The molecule has 1 aliphatic rings. The SMILES string of the molecule is O=C(OCCc1ccccc1)c1ccc(Cl)c(S(=O)(=O)N2CCCCC2)c1. The zero-order valence-corrected chi connectivity index (χ0v) is 16.5. The Morgan fingerprint density at radius 1 is 1.04 bits per heavy atom. The molecule has 1 heterocycles. The number of esters is 1. The van der Waals surface area contributed by atoms with E-state index in [0.717, 1.165) is 24.8 Å². The maximum absolute atomic E-state index is 12.9. The minimum Gasteiger partial charge on any atom is -0.462 e. The second-order valence-electron chi connectivity index (χ2n) is 6.48. The van der Waals surface area contributed by atoms with Crippen LogP contribution in [0.5, 0.6) is 0 Å². The van der Waals surface area contributed by atoms with Gasteiger partial charge in [0.15, 0.2) is 0 Å². The van der Waals surface area contributed by atoms with Crippen LogP contribution in [0, 0.1) is 0 Å². The van der Waals surface area contributed by atoms with Crippen molar-refractivity contribution >= 4 is 27.6 Å². The smallest absolute Gasteiger partial charge is 0.338 e. The van der Waals surface area contributed by atoms with Crippen LogP contribution in [0.4, 0.5) is 0 Å². The summed E-state index contributed by atoms with van der Waals surface area (Å²) in [5.41, 5.74) is 1.25. The highest BCUT2D eigenvalue weighted by molar-refractivity contribution is 7.89. The van der Waals surface area contributed by atoms with Crippen LogP contribution in [-0.2, 0) is 21.2 Å². The molecule has 1 saturated heterocycles. The van der Waals surface area contributed by atoms with E-state index in [1.54, 1.807) is 0 Å². The molecule has 1 fully saturated rings. The van der Waals surface area contributed by atoms with E-state index in [2.05, 4.69) is 0 Å². The van der Waals surface area contributed by atoms with E-state index in [0.29, 0.717) is 19.5 Å². The molecule has 5 nitrogen and oxygen atoms in total. The van der Waals surface area contributed by atoms with Gasteiger partial charge in [-0.1, -0.05) is 48.4 Å². The summed E-state index contributed by atoms with van der Waals surface area (Å²) < 4.78 is 32.5. The molecule has 0 aromatic heterocycles. The number of nitrogens with zero attached hydrogens (tertiary/aromatic N) is 1. The number of halogens is 1. The number of ether oxygens (including phenoxy) is 1. The fourth-order valence-electron chi connectivity index (χ4n) is 3.06. The maximum Gasteiger partial charge on any atom is 0.338 e. The number of rotatable bonds is 6. The van der Waals surface area contributed by atoms with Gasteiger partial charge in [0.1, 0.15) is 4.90 Å². The van der Waals surface area contributed by atoms with E-state index >= 15 is 0 Å². The molecule has 2 aromatic rings. The molecule has 144 valence electrons. The number of hydrogen-bond donors (Lipinski definition) is 0. The van der Waals surface area contributed by atoms with Gasteiger partial charge in [-0.2, -0.15) is 4.31 Å². The largest absolute Gasteiger partial charge is 0.462 e. The molecule has 0 radical (unpaired) electrons. The molecule has 0 aliphatic carbocycles. The summed E-state index contributed by atoms with van der Waals surface area (Å²) in [4.78, 5) is 12.3. The van der Waals surface area contributed by atoms with Gasteiger partial charge in [-0.3, -0.25) is 0 Å². The van der Waals surface area contributed by atoms with Crippen molar-refractivity contribution in [3.8, 4) is 0 Å². The van der Waals surface area contributed by atoms with Crippen LogP contribution in [0.1, 0.15) is 35.2 Å². The molecule has 0 bridgehead atoms. The Labute approximate surface area is 165 Å². The summed E-state index contributed by atoms with van der Waals surface area (Å²) in [5.74, 6) is -0.558. The molecule has 1 aliphatic heterocycles. The Balaban J connectivity index is 1.71. The number of benzene rings is 2. The normalized spacial score (nSPS) is 15.4. The van der Waals surface area contributed by atoms with Gasteiger partial charge in [0, 0.05) is 19.5 Å². The molecule has 0 unspecified atom stereocenters. The maximum atomic E-state index is 12.9. The van der Waals surface area contributed by atoms with E-state index in [1.165, 1.54) is 22.5 Å². The minimum absolute atomic E-state index is 0.0384. The van der Waals surface area contributed by atoms with Crippen molar-refractivity contribution in [1.29, 1.82) is 0 Å². The van der Waals surface area contributed by atoms with Crippen molar-refractivity contribution in [3.05, 3.63) is 64.7 Å².